The molecule has 0 saturated carbocycles. The van der Waals surface area contributed by atoms with Gasteiger partial charge in [0.15, 0.2) is 9.84 Å². The molecule has 0 spiro atoms. The number of sulfone groups is 1. The van der Waals surface area contributed by atoms with Crippen molar-refractivity contribution in [2.45, 2.75) is 25.4 Å². The predicted molar refractivity (Wildman–Crippen MR) is 92.7 cm³/mol. The number of aromatic nitrogens is 1. The molecule has 1 unspecified atom stereocenters. The first-order chi connectivity index (χ1) is 11.5. The highest BCUT2D eigenvalue weighted by Crippen LogP contribution is 2.22. The summed E-state index contributed by atoms with van der Waals surface area (Å²) in [5, 5.41) is 3.89. The van der Waals surface area contributed by atoms with E-state index >= 15 is 0 Å². The van der Waals surface area contributed by atoms with Crippen molar-refractivity contribution in [3.8, 4) is 0 Å². The zero-order valence-electron chi connectivity index (χ0n) is 13.7. The lowest BCUT2D eigenvalue weighted by molar-refractivity contribution is -0.120. The quantitative estimate of drug-likeness (QED) is 0.847. The molecular formula is C17H22N2O4S. The summed E-state index contributed by atoms with van der Waals surface area (Å²) in [5.41, 5.74) is 2.01. The van der Waals surface area contributed by atoms with E-state index in [9.17, 15) is 13.2 Å². The van der Waals surface area contributed by atoms with Crippen LogP contribution in [0.2, 0.25) is 0 Å². The summed E-state index contributed by atoms with van der Waals surface area (Å²) in [4.78, 5) is 12.3. The molecule has 1 fully saturated rings. The standard InChI is InChI=1S/C17H22N2O4S/c1-23-8-7-19-11-13(15-4-2-3-5-16(15)19)10-17(20)18-14-6-9-24(21,22)12-14/h2-5,11,14H,6-10,12H2,1H3,(H,18,20). The van der Waals surface area contributed by atoms with E-state index in [2.05, 4.69) is 9.88 Å². The number of ether oxygens (including phenoxy) is 1. The molecule has 2 aromatic rings. The number of rotatable bonds is 6. The minimum absolute atomic E-state index is 0.0499. The van der Waals surface area contributed by atoms with Crippen molar-refractivity contribution in [1.82, 2.24) is 9.88 Å². The van der Waals surface area contributed by atoms with Gasteiger partial charge in [-0.3, -0.25) is 4.79 Å². The van der Waals surface area contributed by atoms with Crippen molar-refractivity contribution < 1.29 is 17.9 Å². The van der Waals surface area contributed by atoms with Gasteiger partial charge in [0.25, 0.3) is 0 Å². The average Bonchev–Trinajstić information content (AvgIpc) is 3.06. The maximum Gasteiger partial charge on any atom is 0.224 e. The van der Waals surface area contributed by atoms with Crippen LogP contribution < -0.4 is 5.32 Å². The molecular weight excluding hydrogens is 328 g/mol. The maximum absolute atomic E-state index is 12.3. The van der Waals surface area contributed by atoms with E-state index in [1.54, 1.807) is 7.11 Å². The molecule has 1 atom stereocenters. The van der Waals surface area contributed by atoms with Crippen LogP contribution in [0, 0.1) is 0 Å². The Balaban J connectivity index is 1.73. The van der Waals surface area contributed by atoms with E-state index in [0.717, 1.165) is 23.0 Å². The van der Waals surface area contributed by atoms with Gasteiger partial charge in [-0.05, 0) is 18.1 Å². The van der Waals surface area contributed by atoms with Gasteiger partial charge in [-0.15, -0.1) is 0 Å². The number of nitrogens with zero attached hydrogens (tertiary/aromatic N) is 1. The first-order valence-corrected chi connectivity index (χ1v) is 9.86. The molecule has 24 heavy (non-hydrogen) atoms. The lowest BCUT2D eigenvalue weighted by Gasteiger charge is -2.10. The van der Waals surface area contributed by atoms with Crippen LogP contribution in [0.1, 0.15) is 12.0 Å². The molecule has 1 aliphatic rings. The Morgan fingerprint density at radius 2 is 2.17 bits per heavy atom. The highest BCUT2D eigenvalue weighted by Gasteiger charge is 2.29. The molecule has 1 N–H and O–H groups in total. The van der Waals surface area contributed by atoms with Crippen LogP contribution >= 0.6 is 0 Å². The number of carbonyl (C=O) groups is 1. The Morgan fingerprint density at radius 3 is 2.88 bits per heavy atom. The van der Waals surface area contributed by atoms with Gasteiger partial charge < -0.3 is 14.6 Å². The molecule has 1 aromatic heterocycles. The fourth-order valence-electron chi connectivity index (χ4n) is 3.20. The van der Waals surface area contributed by atoms with E-state index in [1.165, 1.54) is 0 Å². The number of benzene rings is 1. The largest absolute Gasteiger partial charge is 0.383 e. The normalized spacial score (nSPS) is 19.6. The number of nitrogens with one attached hydrogen (secondary N) is 1. The van der Waals surface area contributed by atoms with Crippen molar-refractivity contribution in [3.63, 3.8) is 0 Å². The third-order valence-electron chi connectivity index (χ3n) is 4.36. The molecule has 6 nitrogen and oxygen atoms in total. The number of fused-ring (bicyclic) bond motifs is 1. The van der Waals surface area contributed by atoms with Crippen LogP contribution in [0.4, 0.5) is 0 Å². The van der Waals surface area contributed by atoms with Gasteiger partial charge in [-0.2, -0.15) is 0 Å². The second-order valence-electron chi connectivity index (χ2n) is 6.20. The number of amides is 1. The van der Waals surface area contributed by atoms with Crippen LogP contribution in [0.5, 0.6) is 0 Å². The molecule has 0 radical (unpaired) electrons. The third kappa shape index (κ3) is 3.79. The first-order valence-electron chi connectivity index (χ1n) is 8.04. The number of para-hydroxylation sites is 1. The Kier molecular flexibility index (Phi) is 4.91. The highest BCUT2D eigenvalue weighted by atomic mass is 32.2. The van der Waals surface area contributed by atoms with Crippen LogP contribution in [0.3, 0.4) is 0 Å². The molecule has 2 heterocycles. The summed E-state index contributed by atoms with van der Waals surface area (Å²) in [6, 6.07) is 7.69. The Labute approximate surface area is 141 Å². The van der Waals surface area contributed by atoms with Gasteiger partial charge in [0.1, 0.15) is 0 Å². The van der Waals surface area contributed by atoms with Crippen LogP contribution in [0.25, 0.3) is 10.9 Å². The lowest BCUT2D eigenvalue weighted by Crippen LogP contribution is -2.36. The molecule has 3 rings (SSSR count). The van der Waals surface area contributed by atoms with Crippen molar-refractivity contribution >= 4 is 26.6 Å². The number of hydrogen-bond acceptors (Lipinski definition) is 4. The Bertz CT molecular complexity index is 841. The fourth-order valence-corrected chi connectivity index (χ4v) is 4.87. The smallest absolute Gasteiger partial charge is 0.224 e. The molecule has 0 bridgehead atoms. The van der Waals surface area contributed by atoms with Crippen molar-refractivity contribution in [2.24, 2.45) is 0 Å². The van der Waals surface area contributed by atoms with Gasteiger partial charge in [-0.1, -0.05) is 18.2 Å². The number of hydrogen-bond donors (Lipinski definition) is 1. The summed E-state index contributed by atoms with van der Waals surface area (Å²) in [6.45, 7) is 1.32. The van der Waals surface area contributed by atoms with Gasteiger partial charge in [-0.25, -0.2) is 8.42 Å². The lowest BCUT2D eigenvalue weighted by atomic mass is 10.1. The second-order valence-corrected chi connectivity index (χ2v) is 8.43. The first kappa shape index (κ1) is 17.0. The number of carbonyl (C=O) groups excluding carboxylic acids is 1. The molecule has 1 amide bonds. The topological polar surface area (TPSA) is 77.4 Å². The van der Waals surface area contributed by atoms with E-state index in [-0.39, 0.29) is 29.9 Å². The minimum Gasteiger partial charge on any atom is -0.383 e. The van der Waals surface area contributed by atoms with E-state index in [4.69, 9.17) is 4.74 Å². The third-order valence-corrected chi connectivity index (χ3v) is 6.12. The van der Waals surface area contributed by atoms with Gasteiger partial charge in [0.05, 0.1) is 24.5 Å². The van der Waals surface area contributed by atoms with Crippen LogP contribution in [-0.2, 0) is 32.3 Å². The molecule has 1 saturated heterocycles. The predicted octanol–water partition coefficient (Wildman–Crippen LogP) is 1.13. The summed E-state index contributed by atoms with van der Waals surface area (Å²) in [5.74, 6) is 0.0783. The second kappa shape index (κ2) is 6.94. The van der Waals surface area contributed by atoms with Crippen molar-refractivity contribution in [3.05, 3.63) is 36.0 Å². The summed E-state index contributed by atoms with van der Waals surface area (Å²) < 4.78 is 30.2. The van der Waals surface area contributed by atoms with Gasteiger partial charge in [0, 0.05) is 36.8 Å². The van der Waals surface area contributed by atoms with Crippen LogP contribution in [0.15, 0.2) is 30.5 Å². The summed E-state index contributed by atoms with van der Waals surface area (Å²) in [7, 11) is -1.33. The fraction of sp³-hybridized carbons (Fsp3) is 0.471. The Morgan fingerprint density at radius 1 is 1.38 bits per heavy atom. The van der Waals surface area contributed by atoms with Crippen LogP contribution in [-0.4, -0.2) is 50.2 Å². The molecule has 7 heteroatoms. The minimum atomic E-state index is -2.99. The average molecular weight is 350 g/mol. The monoisotopic (exact) mass is 350 g/mol. The van der Waals surface area contributed by atoms with Gasteiger partial charge >= 0.3 is 0 Å². The zero-order valence-corrected chi connectivity index (χ0v) is 14.5. The molecule has 130 valence electrons. The SMILES string of the molecule is COCCn1cc(CC(=O)NC2CCS(=O)(=O)C2)c2ccccc21. The zero-order chi connectivity index (χ0) is 17.2. The Hall–Kier alpha value is -1.86. The summed E-state index contributed by atoms with van der Waals surface area (Å²) >= 11 is 0. The maximum atomic E-state index is 12.3. The molecule has 0 aliphatic carbocycles. The van der Waals surface area contributed by atoms with Crippen molar-refractivity contribution in [2.75, 3.05) is 25.2 Å². The van der Waals surface area contributed by atoms with Crippen molar-refractivity contribution in [1.29, 1.82) is 0 Å². The van der Waals surface area contributed by atoms with E-state index < -0.39 is 9.84 Å². The van der Waals surface area contributed by atoms with Gasteiger partial charge in [0.2, 0.25) is 5.91 Å². The molecule has 1 aromatic carbocycles. The molecule has 1 aliphatic heterocycles. The van der Waals surface area contributed by atoms with E-state index in [0.29, 0.717) is 13.0 Å². The van der Waals surface area contributed by atoms with E-state index in [1.807, 2.05) is 30.5 Å². The number of methoxy groups -OCH3 is 1. The highest BCUT2D eigenvalue weighted by molar-refractivity contribution is 7.91. The summed E-state index contributed by atoms with van der Waals surface area (Å²) in [6.07, 6.45) is 2.73.